The summed E-state index contributed by atoms with van der Waals surface area (Å²) in [6.45, 7) is 0.912. The minimum Gasteiger partial charge on any atom is -0.452 e. The van der Waals surface area contributed by atoms with Gasteiger partial charge < -0.3 is 20.5 Å². The number of nitrogens with one attached hydrogen (secondary N) is 1. The Morgan fingerprint density at radius 1 is 1.38 bits per heavy atom. The lowest BCUT2D eigenvalue weighted by atomic mass is 10.1. The smallest absolute Gasteiger partial charge is 0.340 e. The van der Waals surface area contributed by atoms with E-state index in [1.165, 1.54) is 12.1 Å². The van der Waals surface area contributed by atoms with Gasteiger partial charge in [-0.2, -0.15) is 0 Å². The molecule has 1 aliphatic heterocycles. The second kappa shape index (κ2) is 7.28. The summed E-state index contributed by atoms with van der Waals surface area (Å²) in [7, 11) is 0. The van der Waals surface area contributed by atoms with Gasteiger partial charge in [0.2, 0.25) is 0 Å². The average Bonchev–Trinajstić information content (AvgIpc) is 2.48. The van der Waals surface area contributed by atoms with Crippen molar-refractivity contribution in [1.29, 1.82) is 0 Å². The maximum absolute atomic E-state index is 11.9. The van der Waals surface area contributed by atoms with Gasteiger partial charge >= 0.3 is 5.97 Å². The van der Waals surface area contributed by atoms with E-state index in [9.17, 15) is 9.59 Å². The maximum Gasteiger partial charge on any atom is 0.340 e. The lowest BCUT2D eigenvalue weighted by molar-refractivity contribution is -0.125. The fourth-order valence-electron chi connectivity index (χ4n) is 2.03. The number of nitrogens with two attached hydrogens (primary N) is 1. The standard InChI is InChI=1S/C14H17ClN2O4/c15-9-1-2-12(16)11(7-9)14(19)21-8-13(18)17-10-3-5-20-6-4-10/h1-2,7,10H,3-6,8,16H2,(H,17,18). The highest BCUT2D eigenvalue weighted by Gasteiger charge is 2.18. The first kappa shape index (κ1) is 15.6. The number of carbonyl (C=O) groups is 2. The van der Waals surface area contributed by atoms with Gasteiger partial charge in [-0.25, -0.2) is 4.79 Å². The van der Waals surface area contributed by atoms with Crippen LogP contribution in [-0.2, 0) is 14.3 Å². The summed E-state index contributed by atoms with van der Waals surface area (Å²) >= 11 is 5.80. The Hall–Kier alpha value is -1.79. The Balaban J connectivity index is 1.82. The molecule has 1 amide bonds. The molecule has 1 aromatic carbocycles. The Bertz CT molecular complexity index is 530. The van der Waals surface area contributed by atoms with Crippen molar-refractivity contribution in [2.75, 3.05) is 25.6 Å². The van der Waals surface area contributed by atoms with Crippen LogP contribution in [0.5, 0.6) is 0 Å². The summed E-state index contributed by atoms with van der Waals surface area (Å²) in [5.74, 6) is -1.01. The summed E-state index contributed by atoms with van der Waals surface area (Å²) in [4.78, 5) is 23.6. The van der Waals surface area contributed by atoms with E-state index in [0.717, 1.165) is 12.8 Å². The van der Waals surface area contributed by atoms with Gasteiger partial charge in [0.1, 0.15) is 0 Å². The van der Waals surface area contributed by atoms with E-state index in [1.54, 1.807) is 6.07 Å². The highest BCUT2D eigenvalue weighted by atomic mass is 35.5. The van der Waals surface area contributed by atoms with Crippen molar-refractivity contribution in [2.24, 2.45) is 0 Å². The van der Waals surface area contributed by atoms with Crippen molar-refractivity contribution in [3.05, 3.63) is 28.8 Å². The van der Waals surface area contributed by atoms with E-state index < -0.39 is 5.97 Å². The molecule has 1 fully saturated rings. The van der Waals surface area contributed by atoms with Crippen LogP contribution in [0.25, 0.3) is 0 Å². The van der Waals surface area contributed by atoms with Crippen molar-refractivity contribution in [3.63, 3.8) is 0 Å². The predicted molar refractivity (Wildman–Crippen MR) is 78.1 cm³/mol. The largest absolute Gasteiger partial charge is 0.452 e. The summed E-state index contributed by atoms with van der Waals surface area (Å²) in [5.41, 5.74) is 6.08. The molecule has 1 aliphatic rings. The Morgan fingerprint density at radius 3 is 2.81 bits per heavy atom. The molecule has 6 nitrogen and oxygen atoms in total. The zero-order chi connectivity index (χ0) is 15.2. The number of esters is 1. The molecule has 114 valence electrons. The second-order valence-electron chi connectivity index (χ2n) is 4.76. The van der Waals surface area contributed by atoms with Crippen molar-refractivity contribution in [1.82, 2.24) is 5.32 Å². The molecule has 0 spiro atoms. The zero-order valence-corrected chi connectivity index (χ0v) is 12.2. The molecule has 0 aliphatic carbocycles. The number of ether oxygens (including phenoxy) is 2. The summed E-state index contributed by atoms with van der Waals surface area (Å²) < 4.78 is 10.1. The SMILES string of the molecule is Nc1ccc(Cl)cc1C(=O)OCC(=O)NC1CCOCC1. The third-order valence-corrected chi connectivity index (χ3v) is 3.39. The van der Waals surface area contributed by atoms with Crippen LogP contribution in [0.3, 0.4) is 0 Å². The van der Waals surface area contributed by atoms with E-state index in [2.05, 4.69) is 5.32 Å². The first-order valence-corrected chi connectivity index (χ1v) is 7.03. The molecule has 1 aromatic rings. The third kappa shape index (κ3) is 4.61. The molecule has 0 aromatic heterocycles. The van der Waals surface area contributed by atoms with Gasteiger partial charge in [-0.3, -0.25) is 4.79 Å². The topological polar surface area (TPSA) is 90.7 Å². The van der Waals surface area contributed by atoms with Crippen molar-refractivity contribution in [3.8, 4) is 0 Å². The number of rotatable bonds is 4. The van der Waals surface area contributed by atoms with E-state index in [-0.39, 0.29) is 29.8 Å². The van der Waals surface area contributed by atoms with Crippen LogP contribution in [0, 0.1) is 0 Å². The minimum atomic E-state index is -0.669. The lowest BCUT2D eigenvalue weighted by Crippen LogP contribution is -2.41. The molecule has 1 heterocycles. The number of amides is 1. The third-order valence-electron chi connectivity index (χ3n) is 3.16. The predicted octanol–water partition coefficient (Wildman–Crippen LogP) is 1.37. The molecule has 7 heteroatoms. The molecule has 0 atom stereocenters. The second-order valence-corrected chi connectivity index (χ2v) is 5.20. The zero-order valence-electron chi connectivity index (χ0n) is 11.4. The highest BCUT2D eigenvalue weighted by Crippen LogP contribution is 2.18. The van der Waals surface area contributed by atoms with E-state index >= 15 is 0 Å². The van der Waals surface area contributed by atoms with Crippen LogP contribution in [-0.4, -0.2) is 37.7 Å². The van der Waals surface area contributed by atoms with E-state index in [4.69, 9.17) is 26.8 Å². The quantitative estimate of drug-likeness (QED) is 0.647. The number of benzene rings is 1. The van der Waals surface area contributed by atoms with Gasteiger partial charge in [0.25, 0.3) is 5.91 Å². The molecular formula is C14H17ClN2O4. The Labute approximate surface area is 127 Å². The van der Waals surface area contributed by atoms with Crippen LogP contribution in [0.4, 0.5) is 5.69 Å². The molecule has 1 saturated heterocycles. The van der Waals surface area contributed by atoms with E-state index in [1.807, 2.05) is 0 Å². The first-order chi connectivity index (χ1) is 10.1. The van der Waals surface area contributed by atoms with Crippen LogP contribution >= 0.6 is 11.6 Å². The van der Waals surface area contributed by atoms with Gasteiger partial charge in [0.05, 0.1) is 5.56 Å². The fraction of sp³-hybridized carbons (Fsp3) is 0.429. The Morgan fingerprint density at radius 2 is 2.10 bits per heavy atom. The molecule has 0 radical (unpaired) electrons. The molecule has 0 unspecified atom stereocenters. The number of nitrogen functional groups attached to an aromatic ring is 1. The number of halogens is 1. The van der Waals surface area contributed by atoms with Crippen LogP contribution in [0.1, 0.15) is 23.2 Å². The normalized spacial score (nSPS) is 15.5. The summed E-state index contributed by atoms with van der Waals surface area (Å²) in [5, 5.41) is 3.18. The van der Waals surface area contributed by atoms with Crippen molar-refractivity contribution >= 4 is 29.2 Å². The van der Waals surface area contributed by atoms with Crippen LogP contribution in [0.2, 0.25) is 5.02 Å². The van der Waals surface area contributed by atoms with Gasteiger partial charge in [-0.05, 0) is 31.0 Å². The van der Waals surface area contributed by atoms with Crippen LogP contribution < -0.4 is 11.1 Å². The molecule has 0 bridgehead atoms. The number of hydrogen-bond acceptors (Lipinski definition) is 5. The van der Waals surface area contributed by atoms with Crippen molar-refractivity contribution in [2.45, 2.75) is 18.9 Å². The van der Waals surface area contributed by atoms with E-state index in [0.29, 0.717) is 18.2 Å². The number of carbonyl (C=O) groups excluding carboxylic acids is 2. The highest BCUT2D eigenvalue weighted by molar-refractivity contribution is 6.31. The molecule has 2 rings (SSSR count). The minimum absolute atomic E-state index is 0.0705. The average molecular weight is 313 g/mol. The van der Waals surface area contributed by atoms with Gasteiger partial charge in [0.15, 0.2) is 6.61 Å². The molecule has 3 N–H and O–H groups in total. The molecular weight excluding hydrogens is 296 g/mol. The molecule has 21 heavy (non-hydrogen) atoms. The van der Waals surface area contributed by atoms with Crippen LogP contribution in [0.15, 0.2) is 18.2 Å². The van der Waals surface area contributed by atoms with Crippen molar-refractivity contribution < 1.29 is 19.1 Å². The number of anilines is 1. The van der Waals surface area contributed by atoms with Gasteiger partial charge in [-0.15, -0.1) is 0 Å². The summed E-state index contributed by atoms with van der Waals surface area (Å²) in [6, 6.07) is 4.57. The maximum atomic E-state index is 11.9. The fourth-order valence-corrected chi connectivity index (χ4v) is 2.20. The monoisotopic (exact) mass is 312 g/mol. The number of hydrogen-bond donors (Lipinski definition) is 2. The summed E-state index contributed by atoms with van der Waals surface area (Å²) in [6.07, 6.45) is 1.53. The lowest BCUT2D eigenvalue weighted by Gasteiger charge is -2.22. The first-order valence-electron chi connectivity index (χ1n) is 6.65. The van der Waals surface area contributed by atoms with Gasteiger partial charge in [-0.1, -0.05) is 11.6 Å². The molecule has 0 saturated carbocycles. The van der Waals surface area contributed by atoms with Gasteiger partial charge in [0, 0.05) is 30.0 Å². The Kier molecular flexibility index (Phi) is 5.41.